The summed E-state index contributed by atoms with van der Waals surface area (Å²) >= 11 is 0. The van der Waals surface area contributed by atoms with E-state index >= 15 is 0 Å². The van der Waals surface area contributed by atoms with Gasteiger partial charge in [-0.15, -0.1) is 0 Å². The van der Waals surface area contributed by atoms with Crippen LogP contribution in [0.15, 0.2) is 24.3 Å². The van der Waals surface area contributed by atoms with Crippen LogP contribution in [0.25, 0.3) is 0 Å². The maximum atomic E-state index is 13.2. The summed E-state index contributed by atoms with van der Waals surface area (Å²) in [6, 6.07) is 4.29. The van der Waals surface area contributed by atoms with Gasteiger partial charge in [-0.05, 0) is 6.07 Å². The Labute approximate surface area is 86.5 Å². The van der Waals surface area contributed by atoms with Crippen LogP contribution in [0.1, 0.15) is 11.7 Å². The molecule has 0 aliphatic carbocycles. The van der Waals surface area contributed by atoms with Gasteiger partial charge in [0.2, 0.25) is 0 Å². The summed E-state index contributed by atoms with van der Waals surface area (Å²) in [6.45, 7) is 0. The van der Waals surface area contributed by atoms with Crippen molar-refractivity contribution in [1.29, 1.82) is 0 Å². The zero-order valence-electron chi connectivity index (χ0n) is 8.18. The molecule has 0 spiro atoms. The summed E-state index contributed by atoms with van der Waals surface area (Å²) in [5.74, 6) is -1.39. The molecule has 0 heterocycles. The van der Waals surface area contributed by atoms with Crippen molar-refractivity contribution in [3.8, 4) is 0 Å². The molecule has 4 nitrogen and oxygen atoms in total. The van der Waals surface area contributed by atoms with Gasteiger partial charge in [0.1, 0.15) is 18.0 Å². The molecule has 15 heavy (non-hydrogen) atoms. The summed E-state index contributed by atoms with van der Waals surface area (Å²) in [7, 11) is 1.15. The highest BCUT2D eigenvalue weighted by molar-refractivity contribution is 5.76. The second kappa shape index (κ2) is 4.86. The third-order valence-electron chi connectivity index (χ3n) is 2.04. The molecule has 0 aliphatic heterocycles. The van der Waals surface area contributed by atoms with Crippen LogP contribution in [0.3, 0.4) is 0 Å². The monoisotopic (exact) mass is 213 g/mol. The van der Waals surface area contributed by atoms with E-state index in [4.69, 9.17) is 5.73 Å². The average Bonchev–Trinajstić information content (AvgIpc) is 2.26. The van der Waals surface area contributed by atoms with E-state index in [1.807, 2.05) is 0 Å². The highest BCUT2D eigenvalue weighted by Gasteiger charge is 2.26. The van der Waals surface area contributed by atoms with E-state index in [1.54, 1.807) is 6.07 Å². The van der Waals surface area contributed by atoms with Gasteiger partial charge < -0.3 is 15.6 Å². The van der Waals surface area contributed by atoms with Gasteiger partial charge in [-0.2, -0.15) is 0 Å². The summed E-state index contributed by atoms with van der Waals surface area (Å²) in [6.07, 6.45) is -1.40. The normalized spacial score (nSPS) is 14.4. The highest BCUT2D eigenvalue weighted by atomic mass is 19.1. The van der Waals surface area contributed by atoms with E-state index in [0.29, 0.717) is 0 Å². The lowest BCUT2D eigenvalue weighted by molar-refractivity contribution is -0.145. The number of rotatable bonds is 3. The molecule has 0 aromatic heterocycles. The van der Waals surface area contributed by atoms with E-state index in [1.165, 1.54) is 18.2 Å². The second-order valence-corrected chi connectivity index (χ2v) is 3.02. The van der Waals surface area contributed by atoms with Crippen molar-refractivity contribution in [3.63, 3.8) is 0 Å². The minimum atomic E-state index is -1.40. The number of esters is 1. The zero-order chi connectivity index (χ0) is 11.4. The van der Waals surface area contributed by atoms with Gasteiger partial charge in [-0.3, -0.25) is 4.79 Å². The molecule has 1 rings (SSSR count). The van der Waals surface area contributed by atoms with Gasteiger partial charge in [-0.1, -0.05) is 18.2 Å². The largest absolute Gasteiger partial charge is 0.468 e. The number of ether oxygens (including phenoxy) is 1. The summed E-state index contributed by atoms with van der Waals surface area (Å²) in [5.41, 5.74) is 5.36. The van der Waals surface area contributed by atoms with Crippen molar-refractivity contribution in [3.05, 3.63) is 35.6 Å². The van der Waals surface area contributed by atoms with Crippen molar-refractivity contribution >= 4 is 5.97 Å². The molecule has 0 unspecified atom stereocenters. The molecule has 3 N–H and O–H groups in total. The van der Waals surface area contributed by atoms with Gasteiger partial charge in [0.15, 0.2) is 0 Å². The Balaban J connectivity index is 2.89. The summed E-state index contributed by atoms with van der Waals surface area (Å²) in [5, 5.41) is 9.61. The van der Waals surface area contributed by atoms with E-state index in [-0.39, 0.29) is 5.56 Å². The molecule has 5 heteroatoms. The van der Waals surface area contributed by atoms with Gasteiger partial charge in [0, 0.05) is 5.56 Å². The number of nitrogens with two attached hydrogens (primary N) is 1. The number of hydrogen-bond donors (Lipinski definition) is 2. The first kappa shape index (κ1) is 11.6. The first-order valence-corrected chi connectivity index (χ1v) is 4.34. The Bertz CT molecular complexity index is 356. The molecule has 0 amide bonds. The number of halogens is 1. The predicted octanol–water partition coefficient (Wildman–Crippen LogP) is 0.359. The van der Waals surface area contributed by atoms with Crippen LogP contribution in [0.5, 0.6) is 0 Å². The molecule has 1 aromatic carbocycles. The van der Waals surface area contributed by atoms with Gasteiger partial charge in [-0.25, -0.2) is 4.39 Å². The first-order valence-electron chi connectivity index (χ1n) is 4.34. The van der Waals surface area contributed by atoms with Gasteiger partial charge in [0.05, 0.1) is 7.11 Å². The number of carbonyl (C=O) groups is 1. The second-order valence-electron chi connectivity index (χ2n) is 3.02. The molecule has 1 aromatic rings. The Morgan fingerprint density at radius 2 is 2.13 bits per heavy atom. The number of carbonyl (C=O) groups excluding carboxylic acids is 1. The van der Waals surface area contributed by atoms with Gasteiger partial charge in [0.25, 0.3) is 0 Å². The van der Waals surface area contributed by atoms with Crippen molar-refractivity contribution in [1.82, 2.24) is 0 Å². The van der Waals surface area contributed by atoms with E-state index in [9.17, 15) is 14.3 Å². The van der Waals surface area contributed by atoms with E-state index in [0.717, 1.165) is 7.11 Å². The molecule has 2 atom stereocenters. The Morgan fingerprint density at radius 1 is 1.53 bits per heavy atom. The molecule has 0 aliphatic rings. The number of aliphatic hydroxyl groups is 1. The van der Waals surface area contributed by atoms with E-state index < -0.39 is 23.9 Å². The minimum absolute atomic E-state index is 0.0181. The SMILES string of the molecule is COC(=O)[C@H](N)[C@@H](O)c1ccccc1F. The molecule has 0 bridgehead atoms. The van der Waals surface area contributed by atoms with Crippen LogP contribution in [0.4, 0.5) is 4.39 Å². The first-order chi connectivity index (χ1) is 7.07. The van der Waals surface area contributed by atoms with E-state index in [2.05, 4.69) is 4.74 Å². The fourth-order valence-corrected chi connectivity index (χ4v) is 1.17. The van der Waals surface area contributed by atoms with Crippen LogP contribution in [0, 0.1) is 5.82 Å². The van der Waals surface area contributed by atoms with Crippen molar-refractivity contribution in [2.75, 3.05) is 7.11 Å². The summed E-state index contributed by atoms with van der Waals surface area (Å²) < 4.78 is 17.5. The molecule has 0 fully saturated rings. The van der Waals surface area contributed by atoms with Crippen LogP contribution in [-0.2, 0) is 9.53 Å². The molecule has 0 saturated heterocycles. The maximum Gasteiger partial charge on any atom is 0.325 e. The summed E-state index contributed by atoms with van der Waals surface area (Å²) in [4.78, 5) is 11.0. The number of methoxy groups -OCH3 is 1. The van der Waals surface area contributed by atoms with Crippen molar-refractivity contribution < 1.29 is 19.0 Å². The minimum Gasteiger partial charge on any atom is -0.468 e. The molecule has 82 valence electrons. The average molecular weight is 213 g/mol. The quantitative estimate of drug-likeness (QED) is 0.711. The number of hydrogen-bond acceptors (Lipinski definition) is 4. The van der Waals surface area contributed by atoms with Crippen LogP contribution in [0.2, 0.25) is 0 Å². The zero-order valence-corrected chi connectivity index (χ0v) is 8.18. The smallest absolute Gasteiger partial charge is 0.325 e. The van der Waals surface area contributed by atoms with Crippen LogP contribution in [-0.4, -0.2) is 24.2 Å². The van der Waals surface area contributed by atoms with Crippen LogP contribution >= 0.6 is 0 Å². The maximum absolute atomic E-state index is 13.2. The molecular weight excluding hydrogens is 201 g/mol. The molecule has 0 saturated carbocycles. The lowest BCUT2D eigenvalue weighted by Crippen LogP contribution is -2.37. The standard InChI is InChI=1S/C10H12FNO3/c1-15-10(14)8(12)9(13)6-4-2-3-5-7(6)11/h2-5,8-9,13H,12H2,1H3/t8-,9+/m1/s1. The Hall–Kier alpha value is -1.46. The Morgan fingerprint density at radius 3 is 2.67 bits per heavy atom. The lowest BCUT2D eigenvalue weighted by Gasteiger charge is -2.17. The third kappa shape index (κ3) is 2.51. The fraction of sp³-hybridized carbons (Fsp3) is 0.300. The topological polar surface area (TPSA) is 72.5 Å². The third-order valence-corrected chi connectivity index (χ3v) is 2.04. The lowest BCUT2D eigenvalue weighted by atomic mass is 10.0. The fourth-order valence-electron chi connectivity index (χ4n) is 1.17. The number of aliphatic hydroxyl groups excluding tert-OH is 1. The predicted molar refractivity (Wildman–Crippen MR) is 51.4 cm³/mol. The highest BCUT2D eigenvalue weighted by Crippen LogP contribution is 2.19. The van der Waals surface area contributed by atoms with Crippen molar-refractivity contribution in [2.45, 2.75) is 12.1 Å². The Kier molecular flexibility index (Phi) is 3.76. The van der Waals surface area contributed by atoms with Crippen molar-refractivity contribution in [2.24, 2.45) is 5.73 Å². The molecular formula is C10H12FNO3. The van der Waals surface area contributed by atoms with Gasteiger partial charge >= 0.3 is 5.97 Å². The van der Waals surface area contributed by atoms with Crippen LogP contribution < -0.4 is 5.73 Å². The molecule has 0 radical (unpaired) electrons. The number of benzene rings is 1.